The summed E-state index contributed by atoms with van der Waals surface area (Å²) in [6, 6.07) is 0. The van der Waals surface area contributed by atoms with Crippen molar-refractivity contribution in [3.63, 3.8) is 0 Å². The summed E-state index contributed by atoms with van der Waals surface area (Å²) in [5.41, 5.74) is 0. The van der Waals surface area contributed by atoms with Crippen LogP contribution in [0.25, 0.3) is 0 Å². The van der Waals surface area contributed by atoms with Crippen molar-refractivity contribution in [2.45, 2.75) is 26.2 Å². The number of carboxylic acid groups (broad SMARTS) is 1. The van der Waals surface area contributed by atoms with Crippen LogP contribution in [-0.4, -0.2) is 34.9 Å². The van der Waals surface area contributed by atoms with Crippen LogP contribution < -0.4 is 4.90 Å². The Morgan fingerprint density at radius 1 is 1.53 bits per heavy atom. The van der Waals surface area contributed by atoms with E-state index in [0.29, 0.717) is 12.5 Å². The van der Waals surface area contributed by atoms with Crippen molar-refractivity contribution in [3.8, 4) is 0 Å². The minimum absolute atomic E-state index is 0.118. The molecule has 0 bridgehead atoms. The Balaban J connectivity index is 2.57. The molecule has 0 saturated carbocycles. The van der Waals surface area contributed by atoms with Crippen LogP contribution in [0.1, 0.15) is 31.2 Å². The fourth-order valence-corrected chi connectivity index (χ4v) is 1.81. The number of nitrogens with zero attached hydrogens (tertiary/aromatic N) is 3. The highest BCUT2D eigenvalue weighted by molar-refractivity contribution is 7.15. The Morgan fingerprint density at radius 2 is 2.20 bits per heavy atom. The van der Waals surface area contributed by atoms with E-state index in [1.54, 1.807) is 0 Å². The normalized spacial score (nSPS) is 10.7. The van der Waals surface area contributed by atoms with Gasteiger partial charge in [0.05, 0.1) is 6.42 Å². The monoisotopic (exact) mass is 229 g/mol. The predicted octanol–water partition coefficient (Wildman–Crippen LogP) is 1.57. The first-order valence-electron chi connectivity index (χ1n) is 4.77. The molecule has 5 nitrogen and oxygen atoms in total. The smallest absolute Gasteiger partial charge is 0.305 e. The van der Waals surface area contributed by atoms with Crippen molar-refractivity contribution >= 4 is 22.4 Å². The first-order chi connectivity index (χ1) is 7.00. The average molecular weight is 229 g/mol. The summed E-state index contributed by atoms with van der Waals surface area (Å²) in [5.74, 6) is -0.431. The third-order valence-electron chi connectivity index (χ3n) is 1.91. The lowest BCUT2D eigenvalue weighted by atomic mass is 10.2. The van der Waals surface area contributed by atoms with E-state index in [4.69, 9.17) is 5.11 Å². The second-order valence-electron chi connectivity index (χ2n) is 3.64. The molecule has 1 aromatic rings. The summed E-state index contributed by atoms with van der Waals surface area (Å²) in [6.07, 6.45) is 0.118. The van der Waals surface area contributed by atoms with Gasteiger partial charge in [0.1, 0.15) is 5.01 Å². The number of aromatic nitrogens is 2. The van der Waals surface area contributed by atoms with Gasteiger partial charge in [0.15, 0.2) is 0 Å². The van der Waals surface area contributed by atoms with Crippen molar-refractivity contribution in [1.29, 1.82) is 0 Å². The Bertz CT molecular complexity index is 338. The maximum Gasteiger partial charge on any atom is 0.305 e. The Morgan fingerprint density at radius 3 is 2.67 bits per heavy atom. The van der Waals surface area contributed by atoms with E-state index >= 15 is 0 Å². The summed E-state index contributed by atoms with van der Waals surface area (Å²) >= 11 is 1.51. The molecule has 0 aromatic carbocycles. The van der Waals surface area contributed by atoms with Gasteiger partial charge in [-0.3, -0.25) is 4.79 Å². The van der Waals surface area contributed by atoms with Crippen LogP contribution in [0.3, 0.4) is 0 Å². The standard InChI is InChI=1S/C9H15N3O2S/c1-6(2)8-10-11-9(15-8)12(3)5-4-7(13)14/h6H,4-5H2,1-3H3,(H,13,14). The number of carboxylic acids is 1. The quantitative estimate of drug-likeness (QED) is 0.830. The molecule has 0 radical (unpaired) electrons. The lowest BCUT2D eigenvalue weighted by Gasteiger charge is -2.12. The van der Waals surface area contributed by atoms with Crippen LogP contribution >= 0.6 is 11.3 Å². The molecule has 1 heterocycles. The van der Waals surface area contributed by atoms with Crippen molar-refractivity contribution in [3.05, 3.63) is 5.01 Å². The van der Waals surface area contributed by atoms with E-state index in [9.17, 15) is 4.79 Å². The first kappa shape index (κ1) is 11.9. The van der Waals surface area contributed by atoms with Crippen molar-refractivity contribution in [2.75, 3.05) is 18.5 Å². The predicted molar refractivity (Wildman–Crippen MR) is 59.5 cm³/mol. The van der Waals surface area contributed by atoms with E-state index in [0.717, 1.165) is 10.1 Å². The van der Waals surface area contributed by atoms with Gasteiger partial charge in [-0.25, -0.2) is 0 Å². The van der Waals surface area contributed by atoms with Gasteiger partial charge < -0.3 is 10.0 Å². The fourth-order valence-electron chi connectivity index (χ4n) is 0.973. The van der Waals surface area contributed by atoms with Gasteiger partial charge in [-0.2, -0.15) is 0 Å². The zero-order chi connectivity index (χ0) is 11.4. The highest BCUT2D eigenvalue weighted by atomic mass is 32.1. The number of hydrogen-bond donors (Lipinski definition) is 1. The summed E-state index contributed by atoms with van der Waals surface area (Å²) in [5, 5.41) is 18.4. The highest BCUT2D eigenvalue weighted by Crippen LogP contribution is 2.24. The minimum Gasteiger partial charge on any atom is -0.481 e. The molecule has 0 aliphatic rings. The molecular weight excluding hydrogens is 214 g/mol. The molecule has 0 atom stereocenters. The fraction of sp³-hybridized carbons (Fsp3) is 0.667. The van der Waals surface area contributed by atoms with Crippen molar-refractivity contribution in [1.82, 2.24) is 10.2 Å². The first-order valence-corrected chi connectivity index (χ1v) is 5.58. The maximum atomic E-state index is 10.4. The van der Waals surface area contributed by atoms with Crippen LogP contribution in [-0.2, 0) is 4.79 Å². The second kappa shape index (κ2) is 5.06. The molecular formula is C9H15N3O2S. The zero-order valence-corrected chi connectivity index (χ0v) is 9.91. The molecule has 0 aliphatic heterocycles. The zero-order valence-electron chi connectivity index (χ0n) is 9.10. The molecule has 0 saturated heterocycles. The lowest BCUT2D eigenvalue weighted by Crippen LogP contribution is -2.20. The second-order valence-corrected chi connectivity index (χ2v) is 4.63. The Hall–Kier alpha value is -1.17. The van der Waals surface area contributed by atoms with Gasteiger partial charge >= 0.3 is 5.97 Å². The molecule has 15 heavy (non-hydrogen) atoms. The Labute approximate surface area is 92.7 Å². The number of anilines is 1. The SMILES string of the molecule is CC(C)c1nnc(N(C)CCC(=O)O)s1. The van der Waals surface area contributed by atoms with Crippen LogP contribution in [0, 0.1) is 0 Å². The van der Waals surface area contributed by atoms with Crippen LogP contribution in [0.4, 0.5) is 5.13 Å². The summed E-state index contributed by atoms with van der Waals surface area (Å²) < 4.78 is 0. The van der Waals surface area contributed by atoms with Gasteiger partial charge in [0.25, 0.3) is 0 Å². The topological polar surface area (TPSA) is 66.3 Å². The average Bonchev–Trinajstić information content (AvgIpc) is 2.62. The number of rotatable bonds is 5. The highest BCUT2D eigenvalue weighted by Gasteiger charge is 2.11. The van der Waals surface area contributed by atoms with Crippen molar-refractivity contribution in [2.24, 2.45) is 0 Å². The molecule has 1 rings (SSSR count). The molecule has 1 aromatic heterocycles. The van der Waals surface area contributed by atoms with Crippen LogP contribution in [0.15, 0.2) is 0 Å². The molecule has 84 valence electrons. The molecule has 0 spiro atoms. The van der Waals surface area contributed by atoms with Gasteiger partial charge in [0.2, 0.25) is 5.13 Å². The van der Waals surface area contributed by atoms with Gasteiger partial charge in [0, 0.05) is 19.5 Å². The third-order valence-corrected chi connectivity index (χ3v) is 3.25. The molecule has 0 unspecified atom stereocenters. The Kier molecular flexibility index (Phi) is 4.02. The van der Waals surface area contributed by atoms with Crippen LogP contribution in [0.2, 0.25) is 0 Å². The van der Waals surface area contributed by atoms with E-state index in [1.165, 1.54) is 11.3 Å². The molecule has 1 N–H and O–H groups in total. The van der Waals surface area contributed by atoms with Gasteiger partial charge in [-0.1, -0.05) is 25.2 Å². The van der Waals surface area contributed by atoms with E-state index in [-0.39, 0.29) is 6.42 Å². The van der Waals surface area contributed by atoms with E-state index in [2.05, 4.69) is 24.0 Å². The lowest BCUT2D eigenvalue weighted by molar-refractivity contribution is -0.136. The van der Waals surface area contributed by atoms with Gasteiger partial charge in [-0.15, -0.1) is 10.2 Å². The van der Waals surface area contributed by atoms with E-state index in [1.807, 2.05) is 11.9 Å². The molecule has 0 amide bonds. The van der Waals surface area contributed by atoms with Gasteiger partial charge in [-0.05, 0) is 0 Å². The summed E-state index contributed by atoms with van der Waals surface area (Å²) in [4.78, 5) is 12.2. The van der Waals surface area contributed by atoms with Crippen molar-refractivity contribution < 1.29 is 9.90 Å². The van der Waals surface area contributed by atoms with Crippen LogP contribution in [0.5, 0.6) is 0 Å². The summed E-state index contributed by atoms with van der Waals surface area (Å²) in [6.45, 7) is 4.57. The molecule has 6 heteroatoms. The largest absolute Gasteiger partial charge is 0.481 e. The summed E-state index contributed by atoms with van der Waals surface area (Å²) in [7, 11) is 1.83. The molecule has 0 aliphatic carbocycles. The number of carbonyl (C=O) groups is 1. The number of hydrogen-bond acceptors (Lipinski definition) is 5. The number of aliphatic carboxylic acids is 1. The third kappa shape index (κ3) is 3.47. The maximum absolute atomic E-state index is 10.4. The minimum atomic E-state index is -0.796. The van der Waals surface area contributed by atoms with E-state index < -0.39 is 5.97 Å². The molecule has 0 fully saturated rings.